The number of carbonyl (C=O) groups is 1. The first-order chi connectivity index (χ1) is 12.9. The fourth-order valence-electron chi connectivity index (χ4n) is 3.19. The van der Waals surface area contributed by atoms with Crippen LogP contribution in [0, 0.1) is 12.8 Å². The molecule has 5 nitrogen and oxygen atoms in total. The molecule has 0 fully saturated rings. The van der Waals surface area contributed by atoms with Crippen LogP contribution in [-0.2, 0) is 16.1 Å². The number of ketones is 1. The van der Waals surface area contributed by atoms with Gasteiger partial charge in [0, 0.05) is 17.8 Å². The summed E-state index contributed by atoms with van der Waals surface area (Å²) in [5.41, 5.74) is 4.25. The smallest absolute Gasteiger partial charge is 0.147 e. The highest BCUT2D eigenvalue weighted by atomic mass is 17.1. The summed E-state index contributed by atoms with van der Waals surface area (Å²) in [6.45, 7) is 8.01. The lowest BCUT2D eigenvalue weighted by atomic mass is 9.98. The zero-order valence-electron chi connectivity index (χ0n) is 16.6. The fraction of sp³-hybridized carbons (Fsp3) is 0.455. The van der Waals surface area contributed by atoms with Gasteiger partial charge in [0.15, 0.2) is 0 Å². The molecule has 5 heteroatoms. The lowest BCUT2D eigenvalue weighted by molar-refractivity contribution is -0.247. The summed E-state index contributed by atoms with van der Waals surface area (Å²) < 4.78 is 0. The number of nitrogens with one attached hydrogen (secondary N) is 1. The van der Waals surface area contributed by atoms with E-state index in [9.17, 15) is 4.79 Å². The molecule has 146 valence electrons. The molecule has 2 aromatic rings. The number of benzene rings is 1. The average molecular weight is 370 g/mol. The highest BCUT2D eigenvalue weighted by Crippen LogP contribution is 2.19. The van der Waals surface area contributed by atoms with Crippen molar-refractivity contribution in [3.63, 3.8) is 0 Å². The molecule has 1 aromatic carbocycles. The van der Waals surface area contributed by atoms with Gasteiger partial charge in [-0.05, 0) is 55.9 Å². The van der Waals surface area contributed by atoms with Crippen LogP contribution in [0.15, 0.2) is 42.6 Å². The highest BCUT2D eigenvalue weighted by molar-refractivity contribution is 5.81. The van der Waals surface area contributed by atoms with Crippen molar-refractivity contribution in [1.82, 2.24) is 10.3 Å². The van der Waals surface area contributed by atoms with Gasteiger partial charge in [-0.1, -0.05) is 38.1 Å². The predicted molar refractivity (Wildman–Crippen MR) is 108 cm³/mol. The number of Topliss-reactive ketones (excluding diaryl/α,β-unsaturated/α-hetero) is 1. The second kappa shape index (κ2) is 10.3. The van der Waals surface area contributed by atoms with Gasteiger partial charge in [0.25, 0.3) is 0 Å². The number of carbonyl (C=O) groups excluding carboxylic acids is 1. The molecule has 0 spiro atoms. The van der Waals surface area contributed by atoms with Crippen LogP contribution >= 0.6 is 0 Å². The van der Waals surface area contributed by atoms with Crippen LogP contribution in [0.25, 0.3) is 11.3 Å². The number of nitrogens with zero attached hydrogens (tertiary/aromatic N) is 1. The third kappa shape index (κ3) is 6.86. The summed E-state index contributed by atoms with van der Waals surface area (Å²) in [6.07, 6.45) is 3.23. The Kier molecular flexibility index (Phi) is 8.10. The monoisotopic (exact) mass is 370 g/mol. The maximum absolute atomic E-state index is 12.1. The van der Waals surface area contributed by atoms with Crippen molar-refractivity contribution in [3.8, 4) is 11.3 Å². The minimum absolute atomic E-state index is 0.0698. The largest absolute Gasteiger partial charge is 0.302 e. The molecule has 2 rings (SSSR count). The quantitative estimate of drug-likeness (QED) is 0.488. The van der Waals surface area contributed by atoms with Crippen LogP contribution < -0.4 is 5.32 Å². The third-order valence-electron chi connectivity index (χ3n) is 4.56. The van der Waals surface area contributed by atoms with Gasteiger partial charge >= 0.3 is 0 Å². The van der Waals surface area contributed by atoms with Gasteiger partial charge in [-0.25, -0.2) is 4.89 Å². The molecular weight excluding hydrogens is 340 g/mol. The molecule has 0 radical (unpaired) electrons. The van der Waals surface area contributed by atoms with Crippen LogP contribution in [0.2, 0.25) is 0 Å². The van der Waals surface area contributed by atoms with E-state index in [4.69, 9.17) is 5.26 Å². The minimum Gasteiger partial charge on any atom is -0.302 e. The van der Waals surface area contributed by atoms with E-state index in [2.05, 4.69) is 35.1 Å². The van der Waals surface area contributed by atoms with Crippen molar-refractivity contribution in [2.24, 2.45) is 5.92 Å². The summed E-state index contributed by atoms with van der Waals surface area (Å²) in [7, 11) is 0. The lowest BCUT2D eigenvalue weighted by Crippen LogP contribution is -2.46. The average Bonchev–Trinajstić information content (AvgIpc) is 2.61. The predicted octanol–water partition coefficient (Wildman–Crippen LogP) is 4.05. The maximum Gasteiger partial charge on any atom is 0.147 e. The number of hydrogen-bond acceptors (Lipinski definition) is 5. The topological polar surface area (TPSA) is 71.5 Å². The molecule has 0 aliphatic heterocycles. The first-order valence-corrected chi connectivity index (χ1v) is 9.44. The van der Waals surface area contributed by atoms with E-state index in [-0.39, 0.29) is 24.5 Å². The Bertz CT molecular complexity index is 729. The van der Waals surface area contributed by atoms with Crippen LogP contribution in [0.4, 0.5) is 0 Å². The Morgan fingerprint density at radius 2 is 1.93 bits per heavy atom. The second-order valence-electron chi connectivity index (χ2n) is 7.57. The Morgan fingerprint density at radius 1 is 1.22 bits per heavy atom. The molecule has 2 unspecified atom stereocenters. The zero-order valence-corrected chi connectivity index (χ0v) is 16.6. The number of hydrogen-bond donors (Lipinski definition) is 2. The summed E-state index contributed by atoms with van der Waals surface area (Å²) in [6, 6.07) is 11.8. The second-order valence-corrected chi connectivity index (χ2v) is 7.57. The molecule has 0 saturated heterocycles. The van der Waals surface area contributed by atoms with Crippen molar-refractivity contribution in [2.75, 3.05) is 6.61 Å². The SMILES string of the molecule is CC(=O)C(Cc1ccc(-c2cc(C)ccn2)cc1)NC(COO)CC(C)C. The Labute approximate surface area is 161 Å². The third-order valence-corrected chi connectivity index (χ3v) is 4.56. The number of aromatic nitrogens is 1. The van der Waals surface area contributed by atoms with Gasteiger partial charge in [0.1, 0.15) is 5.78 Å². The van der Waals surface area contributed by atoms with E-state index in [1.807, 2.05) is 43.5 Å². The Morgan fingerprint density at radius 3 is 2.48 bits per heavy atom. The van der Waals surface area contributed by atoms with Gasteiger partial charge in [-0.15, -0.1) is 0 Å². The molecule has 0 bridgehead atoms. The van der Waals surface area contributed by atoms with E-state index in [1.54, 1.807) is 6.92 Å². The molecule has 2 atom stereocenters. The van der Waals surface area contributed by atoms with E-state index >= 15 is 0 Å². The van der Waals surface area contributed by atoms with Gasteiger partial charge in [0.05, 0.1) is 18.3 Å². The van der Waals surface area contributed by atoms with Crippen LogP contribution in [-0.4, -0.2) is 34.7 Å². The zero-order chi connectivity index (χ0) is 19.8. The van der Waals surface area contributed by atoms with Crippen molar-refractivity contribution < 1.29 is 14.9 Å². The molecule has 1 heterocycles. The number of pyridine rings is 1. The van der Waals surface area contributed by atoms with Gasteiger partial charge in [0.2, 0.25) is 0 Å². The molecule has 27 heavy (non-hydrogen) atoms. The van der Waals surface area contributed by atoms with Gasteiger partial charge < -0.3 is 5.32 Å². The van der Waals surface area contributed by atoms with Crippen LogP contribution in [0.3, 0.4) is 0 Å². The molecule has 1 aromatic heterocycles. The summed E-state index contributed by atoms with van der Waals surface area (Å²) in [5, 5.41) is 12.2. The molecule has 0 aliphatic rings. The van der Waals surface area contributed by atoms with Gasteiger partial charge in [-0.3, -0.25) is 15.0 Å². The Balaban J connectivity index is 2.08. The summed E-state index contributed by atoms with van der Waals surface area (Å²) in [4.78, 5) is 20.9. The van der Waals surface area contributed by atoms with Crippen LogP contribution in [0.5, 0.6) is 0 Å². The lowest BCUT2D eigenvalue weighted by Gasteiger charge is -2.24. The summed E-state index contributed by atoms with van der Waals surface area (Å²) in [5.74, 6) is 0.512. The first-order valence-electron chi connectivity index (χ1n) is 9.44. The van der Waals surface area contributed by atoms with Crippen molar-refractivity contribution in [1.29, 1.82) is 0 Å². The molecule has 0 saturated carbocycles. The standard InChI is InChI=1S/C22H30N2O3/c1-15(2)11-20(14-27-26)24-21(17(4)25)13-18-5-7-19(8-6-18)22-12-16(3)9-10-23-22/h5-10,12,15,20-21,24,26H,11,13-14H2,1-4H3. The van der Waals surface area contributed by atoms with Crippen LogP contribution in [0.1, 0.15) is 38.3 Å². The van der Waals surface area contributed by atoms with Gasteiger partial charge in [-0.2, -0.15) is 0 Å². The van der Waals surface area contributed by atoms with E-state index in [0.29, 0.717) is 12.3 Å². The summed E-state index contributed by atoms with van der Waals surface area (Å²) >= 11 is 0. The number of rotatable bonds is 10. The van der Waals surface area contributed by atoms with Crippen molar-refractivity contribution in [2.45, 2.75) is 52.6 Å². The normalized spacial score (nSPS) is 13.6. The van der Waals surface area contributed by atoms with Crippen molar-refractivity contribution >= 4 is 5.78 Å². The maximum atomic E-state index is 12.1. The molecule has 0 aliphatic carbocycles. The Hall–Kier alpha value is -2.08. The van der Waals surface area contributed by atoms with E-state index in [1.165, 1.54) is 5.56 Å². The molecule has 0 amide bonds. The molecule has 2 N–H and O–H groups in total. The first kappa shape index (κ1) is 21.2. The van der Waals surface area contributed by atoms with E-state index < -0.39 is 0 Å². The fourth-order valence-corrected chi connectivity index (χ4v) is 3.19. The van der Waals surface area contributed by atoms with Crippen molar-refractivity contribution in [3.05, 3.63) is 53.7 Å². The minimum atomic E-state index is -0.313. The highest BCUT2D eigenvalue weighted by Gasteiger charge is 2.21. The molecular formula is C22H30N2O3. The van der Waals surface area contributed by atoms with E-state index in [0.717, 1.165) is 23.2 Å². The number of aryl methyl sites for hydroxylation is 1.